The van der Waals surface area contributed by atoms with Crippen molar-refractivity contribution in [3.63, 3.8) is 0 Å². The molecule has 1 fully saturated rings. The van der Waals surface area contributed by atoms with E-state index in [1.807, 2.05) is 30.3 Å². The van der Waals surface area contributed by atoms with Crippen molar-refractivity contribution in [2.24, 2.45) is 5.92 Å². The van der Waals surface area contributed by atoms with E-state index in [4.69, 9.17) is 4.52 Å². The molecule has 0 spiro atoms. The maximum Gasteiger partial charge on any atom is 0.229 e. The Morgan fingerprint density at radius 1 is 1.32 bits per heavy atom. The van der Waals surface area contributed by atoms with Crippen LogP contribution in [0.25, 0.3) is 0 Å². The van der Waals surface area contributed by atoms with Crippen LogP contribution in [0.2, 0.25) is 0 Å². The molecule has 114 valence electrons. The molecule has 0 bridgehead atoms. The van der Waals surface area contributed by atoms with Crippen molar-refractivity contribution >= 4 is 23.2 Å². The number of hydrogen-bond acceptors (Lipinski definition) is 4. The van der Waals surface area contributed by atoms with Crippen LogP contribution in [-0.2, 0) is 9.59 Å². The molecule has 6 heteroatoms. The molecule has 1 atom stereocenters. The fourth-order valence-corrected chi connectivity index (χ4v) is 2.63. The monoisotopic (exact) mass is 299 g/mol. The fraction of sp³-hybridized carbons (Fsp3) is 0.312. The van der Waals surface area contributed by atoms with E-state index in [2.05, 4.69) is 10.5 Å². The number of carbonyl (C=O) groups excluding carboxylic acids is 2. The molecule has 2 amide bonds. The van der Waals surface area contributed by atoms with Crippen molar-refractivity contribution in [3.8, 4) is 0 Å². The number of aryl methyl sites for hydroxylation is 2. The molecule has 0 radical (unpaired) electrons. The summed E-state index contributed by atoms with van der Waals surface area (Å²) in [5, 5.41) is 6.63. The van der Waals surface area contributed by atoms with Gasteiger partial charge in [0.1, 0.15) is 11.4 Å². The summed E-state index contributed by atoms with van der Waals surface area (Å²) in [5.74, 6) is -0.0252. The van der Waals surface area contributed by atoms with E-state index in [1.54, 1.807) is 18.7 Å². The van der Waals surface area contributed by atoms with Crippen LogP contribution in [0.15, 0.2) is 34.9 Å². The highest BCUT2D eigenvalue weighted by Crippen LogP contribution is 2.27. The lowest BCUT2D eigenvalue weighted by atomic mass is 10.1. The van der Waals surface area contributed by atoms with Crippen molar-refractivity contribution in [1.82, 2.24) is 5.16 Å². The predicted molar refractivity (Wildman–Crippen MR) is 81.5 cm³/mol. The van der Waals surface area contributed by atoms with Gasteiger partial charge in [-0.3, -0.25) is 9.59 Å². The topological polar surface area (TPSA) is 75.4 Å². The van der Waals surface area contributed by atoms with E-state index < -0.39 is 0 Å². The quantitative estimate of drug-likeness (QED) is 0.943. The number of para-hydroxylation sites is 1. The number of benzene rings is 1. The summed E-state index contributed by atoms with van der Waals surface area (Å²) in [6, 6.07) is 9.38. The van der Waals surface area contributed by atoms with Crippen molar-refractivity contribution < 1.29 is 14.1 Å². The summed E-state index contributed by atoms with van der Waals surface area (Å²) < 4.78 is 5.03. The van der Waals surface area contributed by atoms with E-state index in [0.29, 0.717) is 23.7 Å². The molecule has 0 unspecified atom stereocenters. The van der Waals surface area contributed by atoms with Crippen LogP contribution in [0.1, 0.15) is 17.9 Å². The highest BCUT2D eigenvalue weighted by molar-refractivity contribution is 6.03. The minimum absolute atomic E-state index is 0.0369. The number of amides is 2. The lowest BCUT2D eigenvalue weighted by Crippen LogP contribution is -2.28. The zero-order valence-electron chi connectivity index (χ0n) is 12.5. The van der Waals surface area contributed by atoms with Crippen LogP contribution in [0, 0.1) is 19.8 Å². The van der Waals surface area contributed by atoms with Crippen LogP contribution in [0.5, 0.6) is 0 Å². The van der Waals surface area contributed by atoms with Gasteiger partial charge in [-0.15, -0.1) is 0 Å². The Hall–Kier alpha value is -2.63. The third-order valence-corrected chi connectivity index (χ3v) is 3.85. The Bertz CT molecular complexity index is 689. The van der Waals surface area contributed by atoms with E-state index in [1.165, 1.54) is 0 Å². The second kappa shape index (κ2) is 5.63. The Morgan fingerprint density at radius 3 is 2.68 bits per heavy atom. The maximum absolute atomic E-state index is 12.4. The lowest BCUT2D eigenvalue weighted by molar-refractivity contribution is -0.122. The molecule has 2 heterocycles. The molecule has 22 heavy (non-hydrogen) atoms. The Labute approximate surface area is 128 Å². The van der Waals surface area contributed by atoms with Crippen LogP contribution >= 0.6 is 0 Å². The standard InChI is InChI=1S/C16H17N3O3/c1-10-15(11(2)22-18-10)17-16(21)12-8-14(20)19(9-12)13-6-4-3-5-7-13/h3-7,12H,8-9H2,1-2H3,(H,17,21)/t12-/m0/s1. The van der Waals surface area contributed by atoms with Gasteiger partial charge >= 0.3 is 0 Å². The summed E-state index contributed by atoms with van der Waals surface area (Å²) in [6.07, 6.45) is 0.212. The van der Waals surface area contributed by atoms with Gasteiger partial charge in [0.2, 0.25) is 11.8 Å². The van der Waals surface area contributed by atoms with Crippen molar-refractivity contribution in [3.05, 3.63) is 41.8 Å². The van der Waals surface area contributed by atoms with Gasteiger partial charge in [0.05, 0.1) is 5.92 Å². The first-order valence-electron chi connectivity index (χ1n) is 7.15. The average Bonchev–Trinajstić information content (AvgIpc) is 3.05. The summed E-state index contributed by atoms with van der Waals surface area (Å²) >= 11 is 0. The number of nitrogens with one attached hydrogen (secondary N) is 1. The molecule has 6 nitrogen and oxygen atoms in total. The first kappa shape index (κ1) is 14.3. The van der Waals surface area contributed by atoms with Gasteiger partial charge in [0.15, 0.2) is 5.76 Å². The smallest absolute Gasteiger partial charge is 0.229 e. The first-order chi connectivity index (χ1) is 10.6. The molecule has 0 aliphatic carbocycles. The van der Waals surface area contributed by atoms with Crippen LogP contribution < -0.4 is 10.2 Å². The zero-order valence-corrected chi connectivity index (χ0v) is 12.5. The van der Waals surface area contributed by atoms with Gasteiger partial charge in [-0.25, -0.2) is 0 Å². The molecule has 1 aliphatic rings. The Kier molecular flexibility index (Phi) is 3.66. The first-order valence-corrected chi connectivity index (χ1v) is 7.15. The van der Waals surface area contributed by atoms with Crippen LogP contribution in [-0.4, -0.2) is 23.5 Å². The van der Waals surface area contributed by atoms with Crippen LogP contribution in [0.3, 0.4) is 0 Å². The second-order valence-electron chi connectivity index (χ2n) is 5.43. The minimum atomic E-state index is -0.374. The van der Waals surface area contributed by atoms with Crippen LogP contribution in [0.4, 0.5) is 11.4 Å². The molecule has 3 rings (SSSR count). The highest BCUT2D eigenvalue weighted by Gasteiger charge is 2.35. The molecule has 2 aromatic rings. The van der Waals surface area contributed by atoms with E-state index >= 15 is 0 Å². The van der Waals surface area contributed by atoms with Gasteiger partial charge < -0.3 is 14.7 Å². The van der Waals surface area contributed by atoms with Gasteiger partial charge in [-0.1, -0.05) is 23.4 Å². The molecule has 1 saturated heterocycles. The van der Waals surface area contributed by atoms with Gasteiger partial charge in [-0.2, -0.15) is 0 Å². The number of aromatic nitrogens is 1. The summed E-state index contributed by atoms with van der Waals surface area (Å²) in [4.78, 5) is 26.2. The maximum atomic E-state index is 12.4. The molecule has 1 aromatic carbocycles. The SMILES string of the molecule is Cc1noc(C)c1NC(=O)[C@H]1CC(=O)N(c2ccccc2)C1. The zero-order chi connectivity index (χ0) is 15.7. The van der Waals surface area contributed by atoms with E-state index in [0.717, 1.165) is 5.69 Å². The summed E-state index contributed by atoms with van der Waals surface area (Å²) in [6.45, 7) is 3.89. The molecule has 1 N–H and O–H groups in total. The van der Waals surface area contributed by atoms with Gasteiger partial charge in [0, 0.05) is 18.7 Å². The largest absolute Gasteiger partial charge is 0.359 e. The molecular formula is C16H17N3O3. The number of carbonyl (C=O) groups is 2. The highest BCUT2D eigenvalue weighted by atomic mass is 16.5. The molecule has 1 aromatic heterocycles. The Balaban J connectivity index is 1.72. The van der Waals surface area contributed by atoms with Crippen molar-refractivity contribution in [2.45, 2.75) is 20.3 Å². The molecule has 1 aliphatic heterocycles. The average molecular weight is 299 g/mol. The second-order valence-corrected chi connectivity index (χ2v) is 5.43. The minimum Gasteiger partial charge on any atom is -0.359 e. The third-order valence-electron chi connectivity index (χ3n) is 3.85. The lowest BCUT2D eigenvalue weighted by Gasteiger charge is -2.16. The normalized spacial score (nSPS) is 17.8. The van der Waals surface area contributed by atoms with E-state index in [-0.39, 0.29) is 24.2 Å². The number of nitrogens with zero attached hydrogens (tertiary/aromatic N) is 2. The third kappa shape index (κ3) is 2.59. The fourth-order valence-electron chi connectivity index (χ4n) is 2.63. The number of rotatable bonds is 3. The summed E-state index contributed by atoms with van der Waals surface area (Å²) in [5.41, 5.74) is 2.05. The molecule has 0 saturated carbocycles. The van der Waals surface area contributed by atoms with Gasteiger partial charge in [0.25, 0.3) is 0 Å². The van der Waals surface area contributed by atoms with Crippen molar-refractivity contribution in [2.75, 3.05) is 16.8 Å². The van der Waals surface area contributed by atoms with E-state index in [9.17, 15) is 9.59 Å². The van der Waals surface area contributed by atoms with Crippen molar-refractivity contribution in [1.29, 1.82) is 0 Å². The summed E-state index contributed by atoms with van der Waals surface area (Å²) in [7, 11) is 0. The number of hydrogen-bond donors (Lipinski definition) is 1. The Morgan fingerprint density at radius 2 is 2.05 bits per heavy atom. The predicted octanol–water partition coefficient (Wildman–Crippen LogP) is 2.28. The molecular weight excluding hydrogens is 282 g/mol. The van der Waals surface area contributed by atoms with Gasteiger partial charge in [-0.05, 0) is 26.0 Å². The number of anilines is 2.